The molecule has 2 rings (SSSR count). The first-order valence-corrected chi connectivity index (χ1v) is 2.56. The molecule has 4 nitrogen and oxygen atoms in total. The van der Waals surface area contributed by atoms with E-state index in [1.54, 1.807) is 12.5 Å². The Morgan fingerprint density at radius 3 is 2.82 bits per heavy atom. The topological polar surface area (TPSA) is 54.5 Å². The molecule has 1 N–H and O–H groups in total. The number of aromatic amines is 1. The van der Waals surface area contributed by atoms with Crippen LogP contribution in [0.15, 0.2) is 18.9 Å². The molecule has 0 spiro atoms. The minimum atomic E-state index is 0. The number of nitrogens with one attached hydrogen (secondary N) is 1. The molecule has 0 aliphatic rings. The molecule has 57 valence electrons. The van der Waals surface area contributed by atoms with E-state index in [0.29, 0.717) is 5.65 Å². The van der Waals surface area contributed by atoms with Crippen molar-refractivity contribution in [2.24, 2.45) is 0 Å². The summed E-state index contributed by atoms with van der Waals surface area (Å²) < 4.78 is 0. The first kappa shape index (κ1) is 10.5. The van der Waals surface area contributed by atoms with Gasteiger partial charge in [0.25, 0.3) is 0 Å². The molecule has 2 aromatic heterocycles. The van der Waals surface area contributed by atoms with Gasteiger partial charge in [0.15, 0.2) is 5.65 Å². The van der Waals surface area contributed by atoms with Crippen LogP contribution in [0.5, 0.6) is 0 Å². The Kier molecular flexibility index (Phi) is 4.15. The number of fused-ring (bicyclic) bond motifs is 1. The van der Waals surface area contributed by atoms with Gasteiger partial charge in [0.1, 0.15) is 11.8 Å². The molecule has 0 fully saturated rings. The van der Waals surface area contributed by atoms with Crippen LogP contribution in [-0.4, -0.2) is 37.9 Å². The van der Waals surface area contributed by atoms with Crippen molar-refractivity contribution in [1.82, 2.24) is 19.9 Å². The molecule has 11 heavy (non-hydrogen) atoms. The van der Waals surface area contributed by atoms with Crippen LogP contribution >= 0.6 is 13.5 Å². The van der Waals surface area contributed by atoms with Gasteiger partial charge in [-0.2, -0.15) is 13.5 Å². The summed E-state index contributed by atoms with van der Waals surface area (Å²) in [6, 6.07) is 0. The van der Waals surface area contributed by atoms with E-state index in [1.807, 2.05) is 0 Å². The summed E-state index contributed by atoms with van der Waals surface area (Å²) in [7, 11) is 0. The zero-order valence-corrected chi connectivity index (χ0v) is 8.40. The number of H-pyrrole nitrogens is 1. The second-order valence-electron chi connectivity index (χ2n) is 1.66. The maximum atomic E-state index is 3.91. The fraction of sp³-hybridized carbons (Fsp3) is 0. The van der Waals surface area contributed by atoms with Crippen molar-refractivity contribution in [3.05, 3.63) is 18.9 Å². The summed E-state index contributed by atoms with van der Waals surface area (Å²) in [5, 5.41) is 0. The van der Waals surface area contributed by atoms with Crippen molar-refractivity contribution in [3.63, 3.8) is 0 Å². The van der Waals surface area contributed by atoms with Gasteiger partial charge in [-0.3, -0.25) is 0 Å². The summed E-state index contributed by atoms with van der Waals surface area (Å²) in [6.45, 7) is 0. The van der Waals surface area contributed by atoms with Crippen molar-refractivity contribution < 1.29 is 0 Å². The Morgan fingerprint density at radius 1 is 1.27 bits per heavy atom. The predicted molar refractivity (Wildman–Crippen MR) is 47.8 cm³/mol. The van der Waals surface area contributed by atoms with Crippen LogP contribution in [0.3, 0.4) is 0 Å². The van der Waals surface area contributed by atoms with Gasteiger partial charge in [-0.25, -0.2) is 15.0 Å². The van der Waals surface area contributed by atoms with Gasteiger partial charge in [-0.15, -0.1) is 0 Å². The van der Waals surface area contributed by atoms with Gasteiger partial charge in [-0.1, -0.05) is 0 Å². The first-order chi connectivity index (χ1) is 4.47. The van der Waals surface area contributed by atoms with E-state index in [2.05, 4.69) is 19.9 Å². The number of rotatable bonds is 0. The smallest absolute Gasteiger partial charge is 0.180 e. The van der Waals surface area contributed by atoms with Crippen LogP contribution in [0.25, 0.3) is 11.2 Å². The van der Waals surface area contributed by atoms with E-state index >= 15 is 0 Å². The van der Waals surface area contributed by atoms with Crippen LogP contribution in [0.2, 0.25) is 0 Å². The largest absolute Gasteiger partial charge is 0.342 e. The number of aromatic nitrogens is 4. The van der Waals surface area contributed by atoms with E-state index in [4.69, 9.17) is 0 Å². The van der Waals surface area contributed by atoms with Crippen LogP contribution < -0.4 is 0 Å². The summed E-state index contributed by atoms with van der Waals surface area (Å²) in [6.07, 6.45) is 4.76. The fourth-order valence-electron chi connectivity index (χ4n) is 0.691. The van der Waals surface area contributed by atoms with E-state index in [1.165, 1.54) is 6.33 Å². The van der Waals surface area contributed by atoms with Gasteiger partial charge < -0.3 is 4.98 Å². The van der Waals surface area contributed by atoms with Crippen LogP contribution in [0.1, 0.15) is 0 Å². The molecule has 3 radical (unpaired) electrons. The van der Waals surface area contributed by atoms with Crippen LogP contribution in [0.4, 0.5) is 0 Å². The number of hydrogen-bond acceptors (Lipinski definition) is 3. The number of imidazole rings is 1. The molecule has 0 atom stereocenters. The minimum Gasteiger partial charge on any atom is -0.342 e. The van der Waals surface area contributed by atoms with Crippen molar-refractivity contribution >= 4 is 42.6 Å². The molecule has 0 saturated heterocycles. The zero-order valence-electron chi connectivity index (χ0n) is 5.52. The quantitative estimate of drug-likeness (QED) is 0.651. The monoisotopic (exact) mass is 229 g/mol. The summed E-state index contributed by atoms with van der Waals surface area (Å²) in [4.78, 5) is 14.5. The standard InChI is InChI=1S/C5H4N4.As.H2S/c1-4-5(8-2-6-1)9-3-7-4;;/h1-3H,(H,6,7,8,9);;1H2. The Labute approximate surface area is 81.6 Å². The van der Waals surface area contributed by atoms with E-state index in [9.17, 15) is 0 Å². The van der Waals surface area contributed by atoms with Gasteiger partial charge >= 0.3 is 0 Å². The Hall–Kier alpha value is -0.542. The third-order valence-corrected chi connectivity index (χ3v) is 1.10. The maximum absolute atomic E-state index is 3.91. The number of nitrogens with zero attached hydrogens (tertiary/aromatic N) is 3. The average molecular weight is 229 g/mol. The molecule has 0 amide bonds. The molecule has 0 saturated carbocycles. The molecule has 0 bridgehead atoms. The Bertz CT molecular complexity index is 292. The zero-order chi connectivity index (χ0) is 6.10. The molecule has 0 aromatic carbocycles. The summed E-state index contributed by atoms with van der Waals surface area (Å²) in [5.74, 6) is 0. The molecule has 0 unspecified atom stereocenters. The van der Waals surface area contributed by atoms with E-state index < -0.39 is 0 Å². The van der Waals surface area contributed by atoms with Crippen molar-refractivity contribution in [2.75, 3.05) is 0 Å². The van der Waals surface area contributed by atoms with E-state index in [0.717, 1.165) is 5.52 Å². The maximum Gasteiger partial charge on any atom is 0.180 e. The molecule has 0 aliphatic heterocycles. The molecule has 2 aromatic rings. The van der Waals surface area contributed by atoms with E-state index in [-0.39, 0.29) is 31.4 Å². The minimum absolute atomic E-state index is 0. The first-order valence-electron chi connectivity index (χ1n) is 2.56. The third kappa shape index (κ3) is 1.94. The molecular formula is C5H6AsN4S. The second-order valence-corrected chi connectivity index (χ2v) is 1.66. The molecule has 2 heterocycles. The summed E-state index contributed by atoms with van der Waals surface area (Å²) in [5.41, 5.74) is 1.59. The fourth-order valence-corrected chi connectivity index (χ4v) is 0.691. The molecule has 6 heteroatoms. The Balaban J connectivity index is 0.000000500. The predicted octanol–water partition coefficient (Wildman–Crippen LogP) is 0.0849. The van der Waals surface area contributed by atoms with Crippen LogP contribution in [-0.2, 0) is 0 Å². The molecular weight excluding hydrogens is 223 g/mol. The van der Waals surface area contributed by atoms with Crippen molar-refractivity contribution in [1.29, 1.82) is 0 Å². The Morgan fingerprint density at radius 2 is 2.09 bits per heavy atom. The second kappa shape index (κ2) is 4.36. The van der Waals surface area contributed by atoms with Crippen molar-refractivity contribution in [2.45, 2.75) is 0 Å². The average Bonchev–Trinajstić information content (AvgIpc) is 2.33. The van der Waals surface area contributed by atoms with Gasteiger partial charge in [0.2, 0.25) is 0 Å². The van der Waals surface area contributed by atoms with Crippen molar-refractivity contribution in [3.8, 4) is 0 Å². The normalized spacial score (nSPS) is 8.36. The van der Waals surface area contributed by atoms with Gasteiger partial charge in [0, 0.05) is 18.0 Å². The van der Waals surface area contributed by atoms with Gasteiger partial charge in [0.05, 0.1) is 12.5 Å². The number of hydrogen-bond donors (Lipinski definition) is 1. The van der Waals surface area contributed by atoms with Gasteiger partial charge in [-0.05, 0) is 0 Å². The molecule has 0 aliphatic carbocycles. The van der Waals surface area contributed by atoms with Crippen LogP contribution in [0, 0.1) is 0 Å². The SMILES string of the molecule is S.[As].c1ncc2[nH]cnc2n1. The third-order valence-electron chi connectivity index (χ3n) is 1.10. The summed E-state index contributed by atoms with van der Waals surface area (Å²) >= 11 is 0.